The lowest BCUT2D eigenvalue weighted by Crippen LogP contribution is -2.30. The van der Waals surface area contributed by atoms with Gasteiger partial charge in [-0.25, -0.2) is 0 Å². The summed E-state index contributed by atoms with van der Waals surface area (Å²) in [7, 11) is 0. The molecular weight excluding hydrogens is 685 g/mol. The summed E-state index contributed by atoms with van der Waals surface area (Å²) in [5.74, 6) is 0.749. The van der Waals surface area contributed by atoms with Gasteiger partial charge in [0.25, 0.3) is 0 Å². The molecule has 0 N–H and O–H groups in total. The van der Waals surface area contributed by atoms with Gasteiger partial charge in [0.05, 0.1) is 0 Å². The zero-order chi connectivity index (χ0) is 40.5. The number of esters is 3. The van der Waals surface area contributed by atoms with Crippen molar-refractivity contribution in [2.45, 2.75) is 272 Å². The Bertz CT molecular complexity index is 841. The molecule has 0 saturated carbocycles. The Labute approximate surface area is 342 Å². The maximum atomic E-state index is 12.7. The molecule has 6 nitrogen and oxygen atoms in total. The molecular formula is C49H94O6. The molecule has 0 fully saturated rings. The van der Waals surface area contributed by atoms with Crippen LogP contribution in [0.4, 0.5) is 0 Å². The van der Waals surface area contributed by atoms with Crippen molar-refractivity contribution in [2.75, 3.05) is 13.2 Å². The van der Waals surface area contributed by atoms with Gasteiger partial charge in [-0.15, -0.1) is 0 Å². The molecule has 0 radical (unpaired) electrons. The minimum Gasteiger partial charge on any atom is -0.462 e. The normalized spacial score (nSPS) is 12.5. The minimum atomic E-state index is -0.762. The lowest BCUT2D eigenvalue weighted by molar-refractivity contribution is -0.167. The first kappa shape index (κ1) is 53.4. The van der Waals surface area contributed by atoms with E-state index in [0.717, 1.165) is 69.6 Å². The summed E-state index contributed by atoms with van der Waals surface area (Å²) in [5, 5.41) is 0. The molecule has 0 aromatic rings. The van der Waals surface area contributed by atoms with E-state index in [1.807, 2.05) is 0 Å². The van der Waals surface area contributed by atoms with E-state index in [9.17, 15) is 14.4 Å². The van der Waals surface area contributed by atoms with E-state index in [-0.39, 0.29) is 31.1 Å². The molecule has 0 amide bonds. The fourth-order valence-electron chi connectivity index (χ4n) is 7.25. The molecule has 2 atom stereocenters. The monoisotopic (exact) mass is 779 g/mol. The highest BCUT2D eigenvalue weighted by Gasteiger charge is 2.19. The Balaban J connectivity index is 4.28. The summed E-state index contributed by atoms with van der Waals surface area (Å²) in [6.45, 7) is 11.3. The molecule has 1 unspecified atom stereocenters. The Morgan fingerprint density at radius 3 is 1.04 bits per heavy atom. The quantitative estimate of drug-likeness (QED) is 0.0348. The van der Waals surface area contributed by atoms with Gasteiger partial charge in [0.2, 0.25) is 0 Å². The highest BCUT2D eigenvalue weighted by molar-refractivity contribution is 5.71. The van der Waals surface area contributed by atoms with Crippen LogP contribution in [0.3, 0.4) is 0 Å². The van der Waals surface area contributed by atoms with Gasteiger partial charge in [-0.2, -0.15) is 0 Å². The molecule has 0 saturated heterocycles. The molecule has 0 spiro atoms. The largest absolute Gasteiger partial charge is 0.462 e. The molecule has 0 heterocycles. The van der Waals surface area contributed by atoms with E-state index < -0.39 is 6.10 Å². The summed E-state index contributed by atoms with van der Waals surface area (Å²) in [6.07, 6.45) is 41.0. The van der Waals surface area contributed by atoms with Crippen LogP contribution in [-0.4, -0.2) is 37.2 Å². The van der Waals surface area contributed by atoms with E-state index in [4.69, 9.17) is 14.2 Å². The summed E-state index contributed by atoms with van der Waals surface area (Å²) >= 11 is 0. The van der Waals surface area contributed by atoms with Crippen LogP contribution in [-0.2, 0) is 28.6 Å². The van der Waals surface area contributed by atoms with Crippen molar-refractivity contribution in [1.29, 1.82) is 0 Å². The molecule has 0 aromatic heterocycles. The average Bonchev–Trinajstić information content (AvgIpc) is 3.17. The van der Waals surface area contributed by atoms with Gasteiger partial charge in [-0.1, -0.05) is 227 Å². The summed E-state index contributed by atoms with van der Waals surface area (Å²) in [6, 6.07) is 0. The van der Waals surface area contributed by atoms with Crippen molar-refractivity contribution in [3.63, 3.8) is 0 Å². The van der Waals surface area contributed by atoms with Gasteiger partial charge >= 0.3 is 17.9 Å². The van der Waals surface area contributed by atoms with Crippen molar-refractivity contribution in [3.8, 4) is 0 Å². The molecule has 0 aliphatic rings. The summed E-state index contributed by atoms with van der Waals surface area (Å²) in [5.41, 5.74) is 0. The van der Waals surface area contributed by atoms with Gasteiger partial charge in [0, 0.05) is 19.3 Å². The number of ether oxygens (including phenoxy) is 3. The lowest BCUT2D eigenvalue weighted by atomic mass is 9.99. The topological polar surface area (TPSA) is 78.9 Å². The van der Waals surface area contributed by atoms with Crippen molar-refractivity contribution in [3.05, 3.63) is 0 Å². The molecule has 0 aliphatic carbocycles. The Kier molecular flexibility index (Phi) is 40.8. The number of carbonyl (C=O) groups is 3. The number of carbonyl (C=O) groups excluding carboxylic acids is 3. The van der Waals surface area contributed by atoms with Crippen molar-refractivity contribution in [2.24, 2.45) is 11.8 Å². The van der Waals surface area contributed by atoms with Crippen LogP contribution in [0.5, 0.6) is 0 Å². The number of rotatable bonds is 43. The van der Waals surface area contributed by atoms with Crippen LogP contribution in [0, 0.1) is 11.8 Å². The molecule has 0 aliphatic heterocycles. The van der Waals surface area contributed by atoms with E-state index in [1.54, 1.807) is 0 Å². The first-order chi connectivity index (χ1) is 26.8. The first-order valence-electron chi connectivity index (χ1n) is 24.3. The second kappa shape index (κ2) is 42.0. The molecule has 326 valence electrons. The fourth-order valence-corrected chi connectivity index (χ4v) is 7.25. The Hall–Kier alpha value is -1.59. The molecule has 55 heavy (non-hydrogen) atoms. The van der Waals surface area contributed by atoms with Crippen molar-refractivity contribution < 1.29 is 28.6 Å². The molecule has 0 aromatic carbocycles. The predicted octanol–water partition coefficient (Wildman–Crippen LogP) is 15.4. The van der Waals surface area contributed by atoms with E-state index in [1.165, 1.54) is 154 Å². The third-order valence-electron chi connectivity index (χ3n) is 11.3. The van der Waals surface area contributed by atoms with Crippen LogP contribution in [0.15, 0.2) is 0 Å². The Morgan fingerprint density at radius 2 is 0.691 bits per heavy atom. The Morgan fingerprint density at radius 1 is 0.382 bits per heavy atom. The van der Waals surface area contributed by atoms with Crippen LogP contribution >= 0.6 is 0 Å². The highest BCUT2D eigenvalue weighted by Crippen LogP contribution is 2.17. The van der Waals surface area contributed by atoms with E-state index in [0.29, 0.717) is 19.3 Å². The molecule has 0 rings (SSSR count). The smallest absolute Gasteiger partial charge is 0.306 e. The maximum absolute atomic E-state index is 12.7. The predicted molar refractivity (Wildman–Crippen MR) is 233 cm³/mol. The fraction of sp³-hybridized carbons (Fsp3) is 0.939. The van der Waals surface area contributed by atoms with E-state index in [2.05, 4.69) is 34.6 Å². The van der Waals surface area contributed by atoms with Crippen molar-refractivity contribution in [1.82, 2.24) is 0 Å². The van der Waals surface area contributed by atoms with E-state index >= 15 is 0 Å². The van der Waals surface area contributed by atoms with Gasteiger partial charge in [-0.05, 0) is 31.1 Å². The standard InChI is InChI=1S/C49H94O6/c1-6-8-9-10-11-12-13-14-15-16-17-18-19-23-29-34-39-47(50)53-42-46(43-54-48(51)40-35-30-26-25-27-32-37-44(3)4)55-49(52)41-36-31-24-21-20-22-28-33-38-45(5)7-2/h44-46H,6-43H2,1-5H3/t45?,46-/m1/s1. The van der Waals surface area contributed by atoms with Crippen LogP contribution in [0.2, 0.25) is 0 Å². The van der Waals surface area contributed by atoms with Gasteiger partial charge in [0.1, 0.15) is 13.2 Å². The summed E-state index contributed by atoms with van der Waals surface area (Å²) < 4.78 is 16.7. The lowest BCUT2D eigenvalue weighted by Gasteiger charge is -2.18. The third-order valence-corrected chi connectivity index (χ3v) is 11.3. The van der Waals surface area contributed by atoms with Gasteiger partial charge in [0.15, 0.2) is 6.10 Å². The molecule has 6 heteroatoms. The SMILES string of the molecule is CCCCCCCCCCCCCCCCCCC(=O)OC[C@H](COC(=O)CCCCCCCCC(C)C)OC(=O)CCCCCCCCCCC(C)CC. The zero-order valence-corrected chi connectivity index (χ0v) is 37.6. The zero-order valence-electron chi connectivity index (χ0n) is 37.6. The average molecular weight is 779 g/mol. The van der Waals surface area contributed by atoms with Crippen molar-refractivity contribution >= 4 is 17.9 Å². The number of unbranched alkanes of at least 4 members (excludes halogenated alkanes) is 27. The van der Waals surface area contributed by atoms with Gasteiger partial charge in [-0.3, -0.25) is 14.4 Å². The second-order valence-corrected chi connectivity index (χ2v) is 17.5. The molecule has 0 bridgehead atoms. The number of hydrogen-bond donors (Lipinski definition) is 0. The van der Waals surface area contributed by atoms with Crippen LogP contribution in [0.1, 0.15) is 266 Å². The first-order valence-corrected chi connectivity index (χ1v) is 24.3. The maximum Gasteiger partial charge on any atom is 0.306 e. The third kappa shape index (κ3) is 41.9. The van der Waals surface area contributed by atoms with Crippen LogP contribution in [0.25, 0.3) is 0 Å². The second-order valence-electron chi connectivity index (χ2n) is 17.5. The minimum absolute atomic E-state index is 0.0654. The summed E-state index contributed by atoms with van der Waals surface area (Å²) in [4.78, 5) is 37.8. The van der Waals surface area contributed by atoms with Crippen LogP contribution < -0.4 is 0 Å². The van der Waals surface area contributed by atoms with Gasteiger partial charge < -0.3 is 14.2 Å². The number of hydrogen-bond acceptors (Lipinski definition) is 6. The highest BCUT2D eigenvalue weighted by atomic mass is 16.6.